The third-order valence-corrected chi connectivity index (χ3v) is 1.46. The molecular weight excluding hydrogens is 156 g/mol. The van der Waals surface area contributed by atoms with E-state index in [0.29, 0.717) is 6.42 Å². The average Bonchev–Trinajstić information content (AvgIpc) is 1.84. The van der Waals surface area contributed by atoms with E-state index in [1.54, 1.807) is 0 Å². The fourth-order valence-corrected chi connectivity index (χ4v) is 1.08. The first-order valence-corrected chi connectivity index (χ1v) is 4.23. The number of Topliss-reactive ketones (excluding diaryl/α,β-unsaturated/α-hetero) is 1. The SMILES string of the molecule is CCCC(CC(C)=O)OC(C)=O. The molecule has 0 radical (unpaired) electrons. The van der Waals surface area contributed by atoms with Gasteiger partial charge in [-0.3, -0.25) is 9.59 Å². The molecule has 70 valence electrons. The molecule has 0 N–H and O–H groups in total. The van der Waals surface area contributed by atoms with Crippen LogP contribution in [0.1, 0.15) is 40.0 Å². The van der Waals surface area contributed by atoms with Gasteiger partial charge in [0.2, 0.25) is 0 Å². The van der Waals surface area contributed by atoms with Crippen LogP contribution in [-0.2, 0) is 14.3 Å². The van der Waals surface area contributed by atoms with E-state index in [1.807, 2.05) is 6.92 Å². The van der Waals surface area contributed by atoms with E-state index in [1.165, 1.54) is 13.8 Å². The van der Waals surface area contributed by atoms with Gasteiger partial charge in [0.05, 0.1) is 0 Å². The first kappa shape index (κ1) is 11.1. The molecular formula is C9H16O3. The van der Waals surface area contributed by atoms with Crippen molar-refractivity contribution in [3.8, 4) is 0 Å². The Bertz CT molecular complexity index is 147. The van der Waals surface area contributed by atoms with Gasteiger partial charge in [-0.15, -0.1) is 0 Å². The van der Waals surface area contributed by atoms with Gasteiger partial charge in [0, 0.05) is 13.3 Å². The molecule has 12 heavy (non-hydrogen) atoms. The van der Waals surface area contributed by atoms with Crippen LogP contribution in [0.2, 0.25) is 0 Å². The van der Waals surface area contributed by atoms with Crippen molar-refractivity contribution in [3.05, 3.63) is 0 Å². The summed E-state index contributed by atoms with van der Waals surface area (Å²) in [6.07, 6.45) is 1.81. The van der Waals surface area contributed by atoms with Crippen LogP contribution >= 0.6 is 0 Å². The Kier molecular flexibility index (Phi) is 5.34. The quantitative estimate of drug-likeness (QED) is 0.593. The number of carbonyl (C=O) groups excluding carboxylic acids is 2. The highest BCUT2D eigenvalue weighted by Crippen LogP contribution is 2.07. The van der Waals surface area contributed by atoms with Crippen LogP contribution in [-0.4, -0.2) is 17.9 Å². The van der Waals surface area contributed by atoms with Gasteiger partial charge in [-0.2, -0.15) is 0 Å². The highest BCUT2D eigenvalue weighted by Gasteiger charge is 2.12. The monoisotopic (exact) mass is 172 g/mol. The highest BCUT2D eigenvalue weighted by molar-refractivity contribution is 5.76. The molecule has 0 spiro atoms. The molecule has 0 saturated heterocycles. The fourth-order valence-electron chi connectivity index (χ4n) is 1.08. The molecule has 3 nitrogen and oxygen atoms in total. The lowest BCUT2D eigenvalue weighted by molar-refractivity contribution is -0.147. The second-order valence-electron chi connectivity index (χ2n) is 2.93. The standard InChI is InChI=1S/C9H16O3/c1-4-5-9(6-7(2)10)12-8(3)11/h9H,4-6H2,1-3H3. The Balaban J connectivity index is 3.85. The summed E-state index contributed by atoms with van der Waals surface area (Å²) in [4.78, 5) is 21.3. The van der Waals surface area contributed by atoms with Crippen molar-refractivity contribution < 1.29 is 14.3 Å². The van der Waals surface area contributed by atoms with Gasteiger partial charge < -0.3 is 4.74 Å². The minimum absolute atomic E-state index is 0.0645. The molecule has 0 saturated carbocycles. The molecule has 0 heterocycles. The maximum absolute atomic E-state index is 10.7. The Labute approximate surface area is 73.1 Å². The molecule has 0 aromatic heterocycles. The van der Waals surface area contributed by atoms with Crippen molar-refractivity contribution in [2.24, 2.45) is 0 Å². The third-order valence-electron chi connectivity index (χ3n) is 1.46. The van der Waals surface area contributed by atoms with E-state index >= 15 is 0 Å². The Morgan fingerprint density at radius 3 is 2.25 bits per heavy atom. The molecule has 0 aromatic carbocycles. The number of rotatable bonds is 5. The maximum Gasteiger partial charge on any atom is 0.302 e. The lowest BCUT2D eigenvalue weighted by Crippen LogP contribution is -2.18. The third kappa shape index (κ3) is 5.89. The minimum Gasteiger partial charge on any atom is -0.462 e. The summed E-state index contributed by atoms with van der Waals surface area (Å²) in [6.45, 7) is 4.87. The van der Waals surface area contributed by atoms with Crippen LogP contribution in [0.3, 0.4) is 0 Å². The summed E-state index contributed by atoms with van der Waals surface area (Å²) in [5.41, 5.74) is 0. The molecule has 0 bridgehead atoms. The Morgan fingerprint density at radius 1 is 1.33 bits per heavy atom. The molecule has 3 heteroatoms. The van der Waals surface area contributed by atoms with Crippen molar-refractivity contribution in [1.29, 1.82) is 0 Å². The summed E-state index contributed by atoms with van der Waals surface area (Å²) in [5, 5.41) is 0. The lowest BCUT2D eigenvalue weighted by atomic mass is 10.1. The van der Waals surface area contributed by atoms with Crippen LogP contribution in [0.4, 0.5) is 0 Å². The minimum atomic E-state index is -0.310. The van der Waals surface area contributed by atoms with Gasteiger partial charge in [-0.1, -0.05) is 13.3 Å². The lowest BCUT2D eigenvalue weighted by Gasteiger charge is -2.13. The van der Waals surface area contributed by atoms with Gasteiger partial charge in [-0.05, 0) is 13.3 Å². The fraction of sp³-hybridized carbons (Fsp3) is 0.778. The average molecular weight is 172 g/mol. The predicted molar refractivity (Wildman–Crippen MR) is 45.8 cm³/mol. The molecule has 0 aliphatic heterocycles. The summed E-state index contributed by atoms with van der Waals surface area (Å²) >= 11 is 0. The smallest absolute Gasteiger partial charge is 0.302 e. The van der Waals surface area contributed by atoms with E-state index in [2.05, 4.69) is 0 Å². The molecule has 0 aliphatic rings. The largest absolute Gasteiger partial charge is 0.462 e. The van der Waals surface area contributed by atoms with Gasteiger partial charge in [0.15, 0.2) is 0 Å². The van der Waals surface area contributed by atoms with Crippen LogP contribution in [0.5, 0.6) is 0 Å². The maximum atomic E-state index is 10.7. The second-order valence-corrected chi connectivity index (χ2v) is 2.93. The van der Waals surface area contributed by atoms with Crippen molar-refractivity contribution in [2.75, 3.05) is 0 Å². The normalized spacial score (nSPS) is 12.2. The Hall–Kier alpha value is -0.860. The molecule has 0 fully saturated rings. The van der Waals surface area contributed by atoms with Crippen LogP contribution in [0.25, 0.3) is 0 Å². The predicted octanol–water partition coefficient (Wildman–Crippen LogP) is 1.70. The van der Waals surface area contributed by atoms with Gasteiger partial charge in [-0.25, -0.2) is 0 Å². The molecule has 0 aliphatic carbocycles. The van der Waals surface area contributed by atoms with E-state index in [-0.39, 0.29) is 17.9 Å². The summed E-state index contributed by atoms with van der Waals surface area (Å²) in [7, 11) is 0. The van der Waals surface area contributed by atoms with Crippen LogP contribution in [0, 0.1) is 0 Å². The second kappa shape index (κ2) is 5.75. The molecule has 1 atom stereocenters. The van der Waals surface area contributed by atoms with Crippen molar-refractivity contribution in [1.82, 2.24) is 0 Å². The van der Waals surface area contributed by atoms with Gasteiger partial charge in [0.25, 0.3) is 0 Å². The zero-order chi connectivity index (χ0) is 9.56. The topological polar surface area (TPSA) is 43.4 Å². The van der Waals surface area contributed by atoms with E-state index in [0.717, 1.165) is 12.8 Å². The number of carbonyl (C=O) groups is 2. The summed E-state index contributed by atoms with van der Waals surface area (Å²) < 4.78 is 4.94. The van der Waals surface area contributed by atoms with Crippen molar-refractivity contribution in [3.63, 3.8) is 0 Å². The number of hydrogen-bond acceptors (Lipinski definition) is 3. The zero-order valence-electron chi connectivity index (χ0n) is 7.92. The number of ketones is 1. The molecule has 1 unspecified atom stereocenters. The molecule has 0 amide bonds. The number of esters is 1. The number of ether oxygens (including phenoxy) is 1. The zero-order valence-corrected chi connectivity index (χ0v) is 7.92. The van der Waals surface area contributed by atoms with Crippen LogP contribution in [0.15, 0.2) is 0 Å². The van der Waals surface area contributed by atoms with Crippen molar-refractivity contribution in [2.45, 2.75) is 46.1 Å². The number of hydrogen-bond donors (Lipinski definition) is 0. The molecule has 0 aromatic rings. The molecule has 0 rings (SSSR count). The first-order chi connectivity index (χ1) is 5.56. The highest BCUT2D eigenvalue weighted by atomic mass is 16.5. The van der Waals surface area contributed by atoms with E-state index in [4.69, 9.17) is 4.74 Å². The van der Waals surface area contributed by atoms with Gasteiger partial charge >= 0.3 is 5.97 Å². The van der Waals surface area contributed by atoms with Crippen molar-refractivity contribution >= 4 is 11.8 Å². The van der Waals surface area contributed by atoms with Crippen LogP contribution < -0.4 is 0 Å². The van der Waals surface area contributed by atoms with E-state index in [9.17, 15) is 9.59 Å². The summed E-state index contributed by atoms with van der Waals surface area (Å²) in [6, 6.07) is 0. The van der Waals surface area contributed by atoms with E-state index < -0.39 is 0 Å². The summed E-state index contributed by atoms with van der Waals surface area (Å²) in [5.74, 6) is -0.246. The van der Waals surface area contributed by atoms with Gasteiger partial charge in [0.1, 0.15) is 11.9 Å². The Morgan fingerprint density at radius 2 is 1.92 bits per heavy atom. The first-order valence-electron chi connectivity index (χ1n) is 4.23.